The molecule has 2 heterocycles. The molecular formula is C18H20N4O2. The Morgan fingerprint density at radius 2 is 1.92 bits per heavy atom. The highest BCUT2D eigenvalue weighted by atomic mass is 16.5. The minimum Gasteiger partial charge on any atom is -0.458 e. The lowest BCUT2D eigenvalue weighted by Crippen LogP contribution is -2.17. The van der Waals surface area contributed by atoms with Crippen molar-refractivity contribution in [1.82, 2.24) is 19.8 Å². The molecule has 124 valence electrons. The standard InChI is InChI=1S/C18H20N4O2/c1-5-14-15(13-9-7-6-8-10-13)17-20-19-16(12(4)22(17)21-14)18(23)24-11(2)3/h6-11H,5H2,1-4H3. The fraction of sp³-hybridized carbons (Fsp3) is 0.333. The average Bonchev–Trinajstić information content (AvgIpc) is 2.94. The molecule has 0 saturated carbocycles. The smallest absolute Gasteiger partial charge is 0.361 e. The molecule has 0 aliphatic carbocycles. The number of hydrogen-bond donors (Lipinski definition) is 0. The summed E-state index contributed by atoms with van der Waals surface area (Å²) in [6.45, 7) is 7.45. The summed E-state index contributed by atoms with van der Waals surface area (Å²) in [7, 11) is 0. The summed E-state index contributed by atoms with van der Waals surface area (Å²) < 4.78 is 6.92. The third-order valence-corrected chi connectivity index (χ3v) is 3.77. The molecule has 6 nitrogen and oxygen atoms in total. The van der Waals surface area contributed by atoms with Crippen LogP contribution in [0.2, 0.25) is 0 Å². The third kappa shape index (κ3) is 2.75. The van der Waals surface area contributed by atoms with Crippen LogP contribution in [-0.4, -0.2) is 31.9 Å². The van der Waals surface area contributed by atoms with Gasteiger partial charge in [-0.1, -0.05) is 37.3 Å². The van der Waals surface area contributed by atoms with Crippen molar-refractivity contribution in [2.75, 3.05) is 0 Å². The van der Waals surface area contributed by atoms with Gasteiger partial charge in [-0.2, -0.15) is 5.10 Å². The van der Waals surface area contributed by atoms with Crippen molar-refractivity contribution < 1.29 is 9.53 Å². The van der Waals surface area contributed by atoms with Gasteiger partial charge in [0, 0.05) is 0 Å². The minimum absolute atomic E-state index is 0.195. The number of rotatable bonds is 4. The molecule has 6 heteroatoms. The number of carbonyl (C=O) groups is 1. The van der Waals surface area contributed by atoms with Crippen LogP contribution < -0.4 is 0 Å². The summed E-state index contributed by atoms with van der Waals surface area (Å²) in [6.07, 6.45) is 0.553. The molecule has 1 aromatic carbocycles. The lowest BCUT2D eigenvalue weighted by molar-refractivity contribution is 0.0367. The molecule has 0 saturated heterocycles. The van der Waals surface area contributed by atoms with Gasteiger partial charge in [0.05, 0.1) is 23.1 Å². The number of ether oxygens (including phenoxy) is 1. The van der Waals surface area contributed by atoms with Crippen molar-refractivity contribution in [3.8, 4) is 11.1 Å². The molecule has 0 N–H and O–H groups in total. The lowest BCUT2D eigenvalue weighted by atomic mass is 10.0. The molecule has 0 amide bonds. The summed E-state index contributed by atoms with van der Waals surface area (Å²) in [5, 5.41) is 13.0. The highest BCUT2D eigenvalue weighted by molar-refractivity contribution is 5.89. The van der Waals surface area contributed by atoms with E-state index in [1.807, 2.05) is 37.3 Å². The Balaban J connectivity index is 2.19. The first kappa shape index (κ1) is 16.1. The Bertz CT molecular complexity index is 885. The van der Waals surface area contributed by atoms with Crippen LogP contribution in [0.3, 0.4) is 0 Å². The molecule has 0 bridgehead atoms. The Morgan fingerprint density at radius 3 is 2.54 bits per heavy atom. The van der Waals surface area contributed by atoms with Gasteiger partial charge < -0.3 is 4.74 Å². The van der Waals surface area contributed by atoms with Crippen molar-refractivity contribution in [2.24, 2.45) is 0 Å². The van der Waals surface area contributed by atoms with E-state index >= 15 is 0 Å². The highest BCUT2D eigenvalue weighted by Gasteiger charge is 2.22. The van der Waals surface area contributed by atoms with Crippen molar-refractivity contribution in [3.63, 3.8) is 0 Å². The van der Waals surface area contributed by atoms with E-state index in [0.717, 1.165) is 23.2 Å². The first-order chi connectivity index (χ1) is 11.5. The quantitative estimate of drug-likeness (QED) is 0.689. The zero-order valence-electron chi connectivity index (χ0n) is 14.3. The molecule has 0 atom stereocenters. The molecule has 2 aromatic heterocycles. The molecule has 0 spiro atoms. The maximum atomic E-state index is 12.2. The molecule has 3 rings (SSSR count). The fourth-order valence-corrected chi connectivity index (χ4v) is 2.66. The zero-order valence-corrected chi connectivity index (χ0v) is 14.3. The number of carbonyl (C=O) groups excluding carboxylic acids is 1. The molecule has 0 aliphatic rings. The van der Waals surface area contributed by atoms with E-state index in [1.165, 1.54) is 0 Å². The SMILES string of the molecule is CCc1nn2c(C)c(C(=O)OC(C)C)nnc2c1-c1ccccc1. The Morgan fingerprint density at radius 1 is 1.21 bits per heavy atom. The number of hydrogen-bond acceptors (Lipinski definition) is 5. The van der Waals surface area contributed by atoms with Crippen LogP contribution in [0.4, 0.5) is 0 Å². The molecule has 0 unspecified atom stereocenters. The molecular weight excluding hydrogens is 304 g/mol. The maximum Gasteiger partial charge on any atom is 0.361 e. The van der Waals surface area contributed by atoms with Crippen molar-refractivity contribution in [3.05, 3.63) is 47.4 Å². The van der Waals surface area contributed by atoms with Crippen LogP contribution in [0.1, 0.15) is 42.6 Å². The third-order valence-electron chi connectivity index (χ3n) is 3.77. The molecule has 0 fully saturated rings. The second-order valence-corrected chi connectivity index (χ2v) is 5.86. The first-order valence-corrected chi connectivity index (χ1v) is 8.04. The number of fused-ring (bicyclic) bond motifs is 1. The number of aryl methyl sites for hydroxylation is 2. The van der Waals surface area contributed by atoms with Gasteiger partial charge in [-0.15, -0.1) is 10.2 Å². The van der Waals surface area contributed by atoms with Gasteiger partial charge in [0.1, 0.15) is 0 Å². The Hall–Kier alpha value is -2.76. The number of nitrogens with zero attached hydrogens (tertiary/aromatic N) is 4. The minimum atomic E-state index is -0.480. The second-order valence-electron chi connectivity index (χ2n) is 5.86. The first-order valence-electron chi connectivity index (χ1n) is 8.04. The van der Waals surface area contributed by atoms with E-state index in [2.05, 4.69) is 15.3 Å². The van der Waals surface area contributed by atoms with E-state index in [1.54, 1.807) is 25.3 Å². The largest absolute Gasteiger partial charge is 0.458 e. The Kier molecular flexibility index (Phi) is 4.29. The molecule has 24 heavy (non-hydrogen) atoms. The monoisotopic (exact) mass is 324 g/mol. The van der Waals surface area contributed by atoms with Crippen LogP contribution in [0.15, 0.2) is 30.3 Å². The van der Waals surface area contributed by atoms with E-state index < -0.39 is 5.97 Å². The number of esters is 1. The van der Waals surface area contributed by atoms with Crippen LogP contribution in [0, 0.1) is 6.92 Å². The van der Waals surface area contributed by atoms with Crippen molar-refractivity contribution >= 4 is 11.6 Å². The summed E-state index contributed by atoms with van der Waals surface area (Å²) in [4.78, 5) is 12.2. The van der Waals surface area contributed by atoms with Gasteiger partial charge >= 0.3 is 5.97 Å². The summed E-state index contributed by atoms with van der Waals surface area (Å²) in [5.41, 5.74) is 4.39. The molecule has 0 aliphatic heterocycles. The van der Waals surface area contributed by atoms with Crippen LogP contribution in [0.5, 0.6) is 0 Å². The predicted octanol–water partition coefficient (Wildman–Crippen LogP) is 3.23. The van der Waals surface area contributed by atoms with Gasteiger partial charge in [-0.05, 0) is 32.8 Å². The van der Waals surface area contributed by atoms with E-state index in [0.29, 0.717) is 11.3 Å². The van der Waals surface area contributed by atoms with Crippen LogP contribution >= 0.6 is 0 Å². The van der Waals surface area contributed by atoms with E-state index in [9.17, 15) is 4.79 Å². The normalized spacial score (nSPS) is 11.2. The van der Waals surface area contributed by atoms with Crippen LogP contribution in [-0.2, 0) is 11.2 Å². The van der Waals surface area contributed by atoms with Gasteiger partial charge in [0.15, 0.2) is 11.3 Å². The van der Waals surface area contributed by atoms with Crippen molar-refractivity contribution in [2.45, 2.75) is 40.2 Å². The Labute approximate surface area is 140 Å². The van der Waals surface area contributed by atoms with E-state index in [-0.39, 0.29) is 11.8 Å². The average molecular weight is 324 g/mol. The van der Waals surface area contributed by atoms with Gasteiger partial charge in [-0.25, -0.2) is 9.31 Å². The lowest BCUT2D eigenvalue weighted by Gasteiger charge is -2.09. The summed E-state index contributed by atoms with van der Waals surface area (Å²) >= 11 is 0. The highest BCUT2D eigenvalue weighted by Crippen LogP contribution is 2.28. The van der Waals surface area contributed by atoms with Gasteiger partial charge in [-0.3, -0.25) is 0 Å². The van der Waals surface area contributed by atoms with E-state index in [4.69, 9.17) is 4.74 Å². The number of benzene rings is 1. The van der Waals surface area contributed by atoms with Gasteiger partial charge in [0.25, 0.3) is 0 Å². The zero-order chi connectivity index (χ0) is 17.3. The predicted molar refractivity (Wildman–Crippen MR) is 90.9 cm³/mol. The van der Waals surface area contributed by atoms with Gasteiger partial charge in [0.2, 0.25) is 0 Å². The molecule has 0 radical (unpaired) electrons. The second kappa shape index (κ2) is 6.39. The summed E-state index contributed by atoms with van der Waals surface area (Å²) in [6, 6.07) is 9.97. The maximum absolute atomic E-state index is 12.2. The van der Waals surface area contributed by atoms with Crippen LogP contribution in [0.25, 0.3) is 16.8 Å². The fourth-order valence-electron chi connectivity index (χ4n) is 2.66. The molecule has 3 aromatic rings. The summed E-state index contributed by atoms with van der Waals surface area (Å²) in [5.74, 6) is -0.480. The topological polar surface area (TPSA) is 69.4 Å². The van der Waals surface area contributed by atoms with Crippen molar-refractivity contribution in [1.29, 1.82) is 0 Å². The number of aromatic nitrogens is 4.